The molecule has 0 unspecified atom stereocenters. The van der Waals surface area contributed by atoms with Crippen molar-refractivity contribution < 1.29 is 9.59 Å². The van der Waals surface area contributed by atoms with Gasteiger partial charge in [0.15, 0.2) is 0 Å². The quantitative estimate of drug-likeness (QED) is 0.758. The van der Waals surface area contributed by atoms with Crippen LogP contribution in [0.4, 0.5) is 4.79 Å². The topological polar surface area (TPSA) is 58.2 Å². The summed E-state index contributed by atoms with van der Waals surface area (Å²) < 4.78 is 0. The molecule has 1 aromatic rings. The molecule has 0 radical (unpaired) electrons. The smallest absolute Gasteiger partial charge is 0.322 e. The van der Waals surface area contributed by atoms with Gasteiger partial charge in [-0.2, -0.15) is 0 Å². The van der Waals surface area contributed by atoms with Crippen molar-refractivity contribution in [1.29, 1.82) is 0 Å². The summed E-state index contributed by atoms with van der Waals surface area (Å²) in [5, 5.41) is 4.78. The number of imide groups is 1. The lowest BCUT2D eigenvalue weighted by atomic mass is 10.0. The number of nitrogens with one attached hydrogen (secondary N) is 2. The van der Waals surface area contributed by atoms with Crippen LogP contribution < -0.4 is 10.6 Å². The van der Waals surface area contributed by atoms with Gasteiger partial charge >= 0.3 is 6.03 Å². The van der Waals surface area contributed by atoms with Gasteiger partial charge in [0.2, 0.25) is 0 Å². The highest BCUT2D eigenvalue weighted by Gasteiger charge is 2.30. The van der Waals surface area contributed by atoms with Crippen molar-refractivity contribution in [3.8, 4) is 0 Å². The second-order valence-corrected chi connectivity index (χ2v) is 4.19. The molecule has 0 bridgehead atoms. The second-order valence-electron chi connectivity index (χ2n) is 4.19. The molecule has 1 saturated heterocycles. The fraction of sp³-hybridized carbons (Fsp3) is 0.231. The largest absolute Gasteiger partial charge is 0.322 e. The molecule has 1 heterocycles. The van der Waals surface area contributed by atoms with E-state index in [1.165, 1.54) is 5.56 Å². The van der Waals surface area contributed by atoms with Crippen molar-refractivity contribution in [3.05, 3.63) is 41.0 Å². The van der Waals surface area contributed by atoms with Gasteiger partial charge in [0.25, 0.3) is 5.91 Å². The van der Waals surface area contributed by atoms with E-state index in [2.05, 4.69) is 10.6 Å². The van der Waals surface area contributed by atoms with Crippen LogP contribution in [0.5, 0.6) is 0 Å². The highest BCUT2D eigenvalue weighted by molar-refractivity contribution is 6.06. The zero-order valence-electron chi connectivity index (χ0n) is 9.78. The lowest BCUT2D eigenvalue weighted by Gasteiger charge is -2.07. The number of urea groups is 1. The van der Waals surface area contributed by atoms with Gasteiger partial charge in [-0.3, -0.25) is 10.1 Å². The zero-order chi connectivity index (χ0) is 12.4. The molecule has 4 nitrogen and oxygen atoms in total. The maximum Gasteiger partial charge on any atom is 0.322 e. The van der Waals surface area contributed by atoms with Crippen LogP contribution in [0.15, 0.2) is 29.8 Å². The van der Waals surface area contributed by atoms with Crippen LogP contribution >= 0.6 is 0 Å². The summed E-state index contributed by atoms with van der Waals surface area (Å²) in [5.74, 6) is -0.295. The van der Waals surface area contributed by atoms with Crippen LogP contribution in [-0.4, -0.2) is 18.0 Å². The summed E-state index contributed by atoms with van der Waals surface area (Å²) in [6.07, 6.45) is 1.90. The Morgan fingerprint density at radius 2 is 1.88 bits per heavy atom. The third-order valence-corrected chi connectivity index (χ3v) is 2.70. The van der Waals surface area contributed by atoms with E-state index in [-0.39, 0.29) is 5.91 Å². The molecule has 0 aliphatic carbocycles. The van der Waals surface area contributed by atoms with Crippen molar-refractivity contribution in [2.75, 3.05) is 0 Å². The van der Waals surface area contributed by atoms with E-state index in [9.17, 15) is 9.59 Å². The lowest BCUT2D eigenvalue weighted by Crippen LogP contribution is -2.29. The van der Waals surface area contributed by atoms with Crippen LogP contribution in [0, 0.1) is 6.92 Å². The first kappa shape index (κ1) is 11.4. The van der Waals surface area contributed by atoms with Gasteiger partial charge in [0.1, 0.15) is 6.04 Å². The molecular weight excluding hydrogens is 216 g/mol. The molecule has 2 rings (SSSR count). The van der Waals surface area contributed by atoms with E-state index in [1.54, 1.807) is 0 Å². The van der Waals surface area contributed by atoms with Crippen LogP contribution in [0.1, 0.15) is 18.1 Å². The standard InChI is InChI=1S/C13H14N2O2/c1-8-3-5-10(6-4-8)7-9(2)11-12(16)15-13(17)14-11/h3-7,11H,1-2H3,(H2,14,15,16,17)/t11-/m0/s1. The monoisotopic (exact) mass is 230 g/mol. The minimum atomic E-state index is -0.552. The number of hydrogen-bond donors (Lipinski definition) is 2. The summed E-state index contributed by atoms with van der Waals surface area (Å²) >= 11 is 0. The van der Waals surface area contributed by atoms with Gasteiger partial charge in [0.05, 0.1) is 0 Å². The molecule has 1 atom stereocenters. The Balaban J connectivity index is 2.19. The zero-order valence-corrected chi connectivity index (χ0v) is 9.78. The molecule has 88 valence electrons. The van der Waals surface area contributed by atoms with Crippen LogP contribution in [0.25, 0.3) is 6.08 Å². The van der Waals surface area contributed by atoms with E-state index >= 15 is 0 Å². The number of carbonyl (C=O) groups is 2. The fourth-order valence-electron chi connectivity index (χ4n) is 1.75. The van der Waals surface area contributed by atoms with Crippen molar-refractivity contribution >= 4 is 18.0 Å². The second kappa shape index (κ2) is 4.41. The van der Waals surface area contributed by atoms with Gasteiger partial charge < -0.3 is 5.32 Å². The van der Waals surface area contributed by atoms with Crippen LogP contribution in [-0.2, 0) is 4.79 Å². The molecule has 17 heavy (non-hydrogen) atoms. The molecule has 3 amide bonds. The summed E-state index contributed by atoms with van der Waals surface area (Å²) in [5.41, 5.74) is 3.02. The molecule has 1 aromatic carbocycles. The third kappa shape index (κ3) is 2.53. The first-order chi connectivity index (χ1) is 8.06. The molecule has 1 aliphatic heterocycles. The molecule has 1 fully saturated rings. The van der Waals surface area contributed by atoms with E-state index < -0.39 is 12.1 Å². The average molecular weight is 230 g/mol. The summed E-state index contributed by atoms with van der Waals surface area (Å²) in [4.78, 5) is 22.4. The van der Waals surface area contributed by atoms with Crippen molar-refractivity contribution in [1.82, 2.24) is 10.6 Å². The minimum absolute atomic E-state index is 0.295. The summed E-state index contributed by atoms with van der Waals surface area (Å²) in [6, 6.07) is 6.99. The normalized spacial score (nSPS) is 20.1. The van der Waals surface area contributed by atoms with Gasteiger partial charge in [-0.15, -0.1) is 0 Å². The number of hydrogen-bond acceptors (Lipinski definition) is 2. The minimum Gasteiger partial charge on any atom is -0.322 e. The highest BCUT2D eigenvalue weighted by Crippen LogP contribution is 2.12. The predicted molar refractivity (Wildman–Crippen MR) is 65.3 cm³/mol. The van der Waals surface area contributed by atoms with E-state index in [0.717, 1.165) is 11.1 Å². The van der Waals surface area contributed by atoms with E-state index in [0.29, 0.717) is 0 Å². The van der Waals surface area contributed by atoms with Gasteiger partial charge in [-0.05, 0) is 25.0 Å². The molecule has 1 aliphatic rings. The third-order valence-electron chi connectivity index (χ3n) is 2.70. The number of benzene rings is 1. The van der Waals surface area contributed by atoms with Gasteiger partial charge in [-0.1, -0.05) is 35.9 Å². The Morgan fingerprint density at radius 3 is 2.41 bits per heavy atom. The van der Waals surface area contributed by atoms with Gasteiger partial charge in [-0.25, -0.2) is 4.79 Å². The van der Waals surface area contributed by atoms with E-state index in [4.69, 9.17) is 0 Å². The Hall–Kier alpha value is -2.10. The van der Waals surface area contributed by atoms with Crippen molar-refractivity contribution in [3.63, 3.8) is 0 Å². The maximum atomic E-state index is 11.4. The van der Waals surface area contributed by atoms with Crippen molar-refractivity contribution in [2.24, 2.45) is 0 Å². The molecule has 2 N–H and O–H groups in total. The number of amides is 3. The number of carbonyl (C=O) groups excluding carboxylic acids is 2. The summed E-state index contributed by atoms with van der Waals surface area (Å²) in [6.45, 7) is 3.85. The van der Waals surface area contributed by atoms with E-state index in [1.807, 2.05) is 44.2 Å². The Bertz CT molecular complexity index is 489. The molecular formula is C13H14N2O2. The number of rotatable bonds is 2. The van der Waals surface area contributed by atoms with Crippen LogP contribution in [0.3, 0.4) is 0 Å². The Kier molecular flexibility index (Phi) is 2.95. The molecule has 0 aromatic heterocycles. The number of aryl methyl sites for hydroxylation is 1. The van der Waals surface area contributed by atoms with Crippen molar-refractivity contribution in [2.45, 2.75) is 19.9 Å². The molecule has 4 heteroatoms. The van der Waals surface area contributed by atoms with Gasteiger partial charge in [0, 0.05) is 0 Å². The lowest BCUT2D eigenvalue weighted by molar-refractivity contribution is -0.119. The first-order valence-corrected chi connectivity index (χ1v) is 5.42. The Morgan fingerprint density at radius 1 is 1.24 bits per heavy atom. The summed E-state index contributed by atoms with van der Waals surface area (Å²) in [7, 11) is 0. The highest BCUT2D eigenvalue weighted by atomic mass is 16.2. The molecule has 0 spiro atoms. The SMILES string of the molecule is CC(=Cc1ccc(C)cc1)[C@@H]1NC(=O)NC1=O. The Labute approximate surface area is 99.7 Å². The fourth-order valence-corrected chi connectivity index (χ4v) is 1.75. The predicted octanol–water partition coefficient (Wildman–Crippen LogP) is 1.61. The maximum absolute atomic E-state index is 11.4. The first-order valence-electron chi connectivity index (χ1n) is 5.42. The van der Waals surface area contributed by atoms with Crippen LogP contribution in [0.2, 0.25) is 0 Å². The average Bonchev–Trinajstić information content (AvgIpc) is 2.61. The molecule has 0 saturated carbocycles.